The summed E-state index contributed by atoms with van der Waals surface area (Å²) < 4.78 is 18.3. The van der Waals surface area contributed by atoms with Crippen molar-refractivity contribution in [2.45, 2.75) is 55.9 Å². The molecule has 1 amide bonds. The highest BCUT2D eigenvalue weighted by atomic mass is 35.5. The van der Waals surface area contributed by atoms with Crippen LogP contribution < -0.4 is 19.1 Å². The highest BCUT2D eigenvalue weighted by Gasteiger charge is 2.48. The van der Waals surface area contributed by atoms with Crippen LogP contribution >= 0.6 is 34.7 Å². The van der Waals surface area contributed by atoms with E-state index in [0.29, 0.717) is 57.4 Å². The Labute approximate surface area is 280 Å². The fraction of sp³-hybridized carbons (Fsp3) is 0.294. The Bertz CT molecular complexity index is 1810. The molecule has 1 fully saturated rings. The summed E-state index contributed by atoms with van der Waals surface area (Å²) in [5, 5.41) is 21.3. The maximum atomic E-state index is 13.8. The van der Waals surface area contributed by atoms with Crippen molar-refractivity contribution in [3.63, 3.8) is 0 Å². The van der Waals surface area contributed by atoms with E-state index >= 15 is 0 Å². The summed E-state index contributed by atoms with van der Waals surface area (Å²) in [5.41, 5.74) is 2.90. The summed E-state index contributed by atoms with van der Waals surface area (Å²) in [6.07, 6.45) is 1.49. The van der Waals surface area contributed by atoms with Gasteiger partial charge in [-0.1, -0.05) is 59.8 Å². The molecule has 0 saturated carbocycles. The van der Waals surface area contributed by atoms with Gasteiger partial charge in [0.05, 0.1) is 24.8 Å². The number of aromatic nitrogens is 2. The van der Waals surface area contributed by atoms with Crippen molar-refractivity contribution in [1.82, 2.24) is 10.2 Å². The van der Waals surface area contributed by atoms with Gasteiger partial charge in [-0.2, -0.15) is 0 Å². The number of Topliss-reactive ketones (excluding diaryl/α,β-unsaturated/α-hetero) is 1. The standard InChI is InChI=1S/C34H32ClN3O6S2/c1-4-14-43-26-13-8-21(17-27(26)42-5-2)29-28(30(39)22-9-12-25-23(16-22)15-19(3)44-25)31(40)32(41)38(29)33-36-37-34(46-33)45-18-20-6-10-24(35)11-7-20/h6-13,16-17,19,29,39H,4-5,14-15,18H2,1-3H3/b30-28+/t19-,29-/m0/s1. The van der Waals surface area contributed by atoms with Crippen LogP contribution in [0.15, 0.2) is 70.6 Å². The summed E-state index contributed by atoms with van der Waals surface area (Å²) >= 11 is 8.69. The van der Waals surface area contributed by atoms with Crippen molar-refractivity contribution in [3.05, 3.63) is 93.5 Å². The van der Waals surface area contributed by atoms with Gasteiger partial charge in [0, 0.05) is 22.8 Å². The number of carbonyl (C=O) groups excluding carboxylic acids is 2. The molecule has 0 radical (unpaired) electrons. The number of hydrogen-bond acceptors (Lipinski definition) is 10. The van der Waals surface area contributed by atoms with Crippen molar-refractivity contribution in [2.75, 3.05) is 18.1 Å². The molecule has 9 nitrogen and oxygen atoms in total. The lowest BCUT2D eigenvalue weighted by molar-refractivity contribution is -0.132. The molecule has 0 unspecified atom stereocenters. The van der Waals surface area contributed by atoms with Crippen molar-refractivity contribution in [1.29, 1.82) is 0 Å². The van der Waals surface area contributed by atoms with Crippen molar-refractivity contribution in [3.8, 4) is 17.2 Å². The SMILES string of the molecule is CCCOc1ccc([C@H]2/C(=C(\O)c3ccc4c(c3)C[C@H](C)O4)C(=O)C(=O)N2c2nnc(SCc3ccc(Cl)cc3)s2)cc1OCC. The summed E-state index contributed by atoms with van der Waals surface area (Å²) in [5.74, 6) is 0.475. The molecule has 6 rings (SSSR count). The molecule has 2 atom stereocenters. The molecular formula is C34H32ClN3O6S2. The average molecular weight is 678 g/mol. The number of amides is 1. The minimum atomic E-state index is -0.995. The van der Waals surface area contributed by atoms with Gasteiger partial charge in [-0.15, -0.1) is 10.2 Å². The second kappa shape index (κ2) is 13.7. The predicted molar refractivity (Wildman–Crippen MR) is 179 cm³/mol. The number of ether oxygens (including phenoxy) is 3. The third kappa shape index (κ3) is 6.44. The van der Waals surface area contributed by atoms with Gasteiger partial charge >= 0.3 is 5.91 Å². The largest absolute Gasteiger partial charge is 0.507 e. The summed E-state index contributed by atoms with van der Waals surface area (Å²) in [4.78, 5) is 28.9. The molecule has 46 heavy (non-hydrogen) atoms. The van der Waals surface area contributed by atoms with Gasteiger partial charge in [0.15, 0.2) is 15.8 Å². The Morgan fingerprint density at radius 2 is 1.87 bits per heavy atom. The van der Waals surface area contributed by atoms with E-state index < -0.39 is 17.7 Å². The molecule has 0 bridgehead atoms. The summed E-state index contributed by atoms with van der Waals surface area (Å²) in [6, 6.07) is 17.1. The van der Waals surface area contributed by atoms with Crippen LogP contribution in [0.1, 0.15) is 55.5 Å². The normalized spacial score (nSPS) is 18.5. The molecule has 1 aromatic heterocycles. The first kappa shape index (κ1) is 31.9. The second-order valence-corrected chi connectivity index (χ2v) is 13.5. The Hall–Kier alpha value is -4.06. The van der Waals surface area contributed by atoms with E-state index in [0.717, 1.165) is 23.3 Å². The Kier molecular flexibility index (Phi) is 9.53. The quantitative estimate of drug-likeness (QED) is 0.0563. The topological polar surface area (TPSA) is 111 Å². The van der Waals surface area contributed by atoms with Gasteiger partial charge < -0.3 is 19.3 Å². The van der Waals surface area contributed by atoms with Crippen LogP contribution in [0.2, 0.25) is 5.02 Å². The van der Waals surface area contributed by atoms with Crippen molar-refractivity contribution < 1.29 is 28.9 Å². The number of aliphatic hydroxyl groups is 1. The van der Waals surface area contributed by atoms with Gasteiger partial charge in [0.1, 0.15) is 17.6 Å². The molecule has 2 aliphatic heterocycles. The first-order valence-corrected chi connectivity index (χ1v) is 17.2. The van der Waals surface area contributed by atoms with Crippen LogP contribution in [0.25, 0.3) is 5.76 Å². The maximum absolute atomic E-state index is 13.8. The number of hydrogen-bond donors (Lipinski definition) is 1. The molecule has 4 aromatic rings. The lowest BCUT2D eigenvalue weighted by Crippen LogP contribution is -2.29. The van der Waals surface area contributed by atoms with Gasteiger partial charge in [-0.05, 0) is 79.4 Å². The van der Waals surface area contributed by atoms with E-state index in [1.54, 1.807) is 30.3 Å². The number of benzene rings is 3. The molecule has 3 aromatic carbocycles. The van der Waals surface area contributed by atoms with Crippen LogP contribution in [0, 0.1) is 0 Å². The summed E-state index contributed by atoms with van der Waals surface area (Å²) in [7, 11) is 0. The van der Waals surface area contributed by atoms with Crippen LogP contribution in [-0.2, 0) is 21.8 Å². The van der Waals surface area contributed by atoms with E-state index in [9.17, 15) is 14.7 Å². The fourth-order valence-corrected chi connectivity index (χ4v) is 7.40. The lowest BCUT2D eigenvalue weighted by atomic mass is 9.94. The van der Waals surface area contributed by atoms with Crippen molar-refractivity contribution in [2.24, 2.45) is 0 Å². The van der Waals surface area contributed by atoms with Crippen LogP contribution in [0.3, 0.4) is 0 Å². The number of halogens is 1. The number of aliphatic hydroxyl groups excluding tert-OH is 1. The van der Waals surface area contributed by atoms with Gasteiger partial charge in [-0.25, -0.2) is 0 Å². The first-order valence-electron chi connectivity index (χ1n) is 15.0. The third-order valence-corrected chi connectivity index (χ3v) is 9.92. The number of nitrogens with zero attached hydrogens (tertiary/aromatic N) is 3. The molecular weight excluding hydrogens is 646 g/mol. The van der Waals surface area contributed by atoms with Crippen molar-refractivity contribution >= 4 is 57.3 Å². The van der Waals surface area contributed by atoms with E-state index in [1.807, 2.05) is 51.1 Å². The van der Waals surface area contributed by atoms with E-state index in [2.05, 4.69) is 10.2 Å². The minimum absolute atomic E-state index is 0.00700. The van der Waals surface area contributed by atoms with Gasteiger partial charge in [0.25, 0.3) is 5.78 Å². The maximum Gasteiger partial charge on any atom is 0.301 e. The molecule has 12 heteroatoms. The predicted octanol–water partition coefficient (Wildman–Crippen LogP) is 7.62. The Balaban J connectivity index is 1.42. The zero-order chi connectivity index (χ0) is 32.4. The highest BCUT2D eigenvalue weighted by molar-refractivity contribution is 8.00. The average Bonchev–Trinajstić information content (AvgIpc) is 3.74. The van der Waals surface area contributed by atoms with Crippen LogP contribution in [0.4, 0.5) is 5.13 Å². The molecule has 1 N–H and O–H groups in total. The monoisotopic (exact) mass is 677 g/mol. The second-order valence-electron chi connectivity index (χ2n) is 10.9. The molecule has 238 valence electrons. The molecule has 3 heterocycles. The number of carbonyl (C=O) groups is 2. The first-order chi connectivity index (χ1) is 22.3. The zero-order valence-corrected chi connectivity index (χ0v) is 27.9. The van der Waals surface area contributed by atoms with E-state index in [4.69, 9.17) is 25.8 Å². The minimum Gasteiger partial charge on any atom is -0.507 e. The van der Waals surface area contributed by atoms with Crippen LogP contribution in [0.5, 0.6) is 17.2 Å². The van der Waals surface area contributed by atoms with E-state index in [1.165, 1.54) is 28.0 Å². The highest BCUT2D eigenvalue weighted by Crippen LogP contribution is 2.46. The Morgan fingerprint density at radius 3 is 2.63 bits per heavy atom. The Morgan fingerprint density at radius 1 is 1.07 bits per heavy atom. The number of fused-ring (bicyclic) bond motifs is 1. The zero-order valence-electron chi connectivity index (χ0n) is 25.5. The van der Waals surface area contributed by atoms with Gasteiger partial charge in [-0.3, -0.25) is 14.5 Å². The summed E-state index contributed by atoms with van der Waals surface area (Å²) in [6.45, 7) is 6.73. The smallest absolute Gasteiger partial charge is 0.301 e. The number of anilines is 1. The number of thioether (sulfide) groups is 1. The lowest BCUT2D eigenvalue weighted by Gasteiger charge is -2.23. The third-order valence-electron chi connectivity index (χ3n) is 7.54. The molecule has 2 aliphatic rings. The number of rotatable bonds is 11. The van der Waals surface area contributed by atoms with Crippen LogP contribution in [-0.4, -0.2) is 46.3 Å². The van der Waals surface area contributed by atoms with Gasteiger partial charge in [0.2, 0.25) is 5.13 Å². The fourth-order valence-electron chi connectivity index (χ4n) is 5.45. The molecule has 0 spiro atoms. The number of ketones is 1. The molecule has 0 aliphatic carbocycles. The van der Waals surface area contributed by atoms with E-state index in [-0.39, 0.29) is 22.6 Å². The molecule has 1 saturated heterocycles.